The molecule has 0 bridgehead atoms. The molecule has 7 nitrogen and oxygen atoms in total. The molecule has 34 heavy (non-hydrogen) atoms. The van der Waals surface area contributed by atoms with Crippen LogP contribution in [0, 0.1) is 0 Å². The fourth-order valence-corrected chi connectivity index (χ4v) is 5.03. The Balaban J connectivity index is 1.27. The summed E-state index contributed by atoms with van der Waals surface area (Å²) in [7, 11) is 0. The van der Waals surface area contributed by atoms with E-state index < -0.39 is 11.7 Å². The number of anilines is 1. The molecule has 12 heteroatoms. The van der Waals surface area contributed by atoms with Crippen molar-refractivity contribution in [1.29, 1.82) is 0 Å². The summed E-state index contributed by atoms with van der Waals surface area (Å²) in [5.41, 5.74) is 0.597. The van der Waals surface area contributed by atoms with Crippen LogP contribution in [-0.2, 0) is 12.7 Å². The molecule has 0 radical (unpaired) electrons. The molecule has 0 saturated carbocycles. The van der Waals surface area contributed by atoms with Gasteiger partial charge in [-0.15, -0.1) is 0 Å². The average Bonchev–Trinajstić information content (AvgIpc) is 3.46. The Labute approximate surface area is 199 Å². The number of amides is 2. The van der Waals surface area contributed by atoms with Crippen LogP contribution in [-0.4, -0.2) is 26.6 Å². The molecule has 1 aliphatic rings. The van der Waals surface area contributed by atoms with E-state index in [1.165, 1.54) is 18.0 Å². The van der Waals surface area contributed by atoms with Crippen LogP contribution in [0.2, 0.25) is 0 Å². The molecule has 3 heterocycles. The quantitative estimate of drug-likeness (QED) is 0.411. The summed E-state index contributed by atoms with van der Waals surface area (Å²) < 4.78 is 39.4. The lowest BCUT2D eigenvalue weighted by Gasteiger charge is -2.09. The van der Waals surface area contributed by atoms with Crippen LogP contribution in [0.15, 0.2) is 70.8 Å². The van der Waals surface area contributed by atoms with Gasteiger partial charge in [0.1, 0.15) is 0 Å². The number of nitrogens with one attached hydrogen (secondary N) is 2. The molecule has 2 amide bonds. The molecule has 2 N–H and O–H groups in total. The molecule has 172 valence electrons. The standard InChI is InChI=1S/C22H14F3N5O2S2/c23-22(24,25)13-8-28-30(11-13)21-27-10-14(33-21)9-26-19(31)12-5-6-18-16(7-12)29-20(32)15-3-1-2-4-17(15)34-18/h1-8,10-11H,9H2,(H,26,31)(H,29,32). The van der Waals surface area contributed by atoms with E-state index in [0.717, 1.165) is 38.2 Å². The van der Waals surface area contributed by atoms with Gasteiger partial charge < -0.3 is 10.6 Å². The van der Waals surface area contributed by atoms with E-state index in [1.807, 2.05) is 12.1 Å². The number of fused-ring (bicyclic) bond motifs is 2. The molecule has 5 rings (SSSR count). The van der Waals surface area contributed by atoms with Crippen molar-refractivity contribution < 1.29 is 22.8 Å². The second-order valence-electron chi connectivity index (χ2n) is 7.23. The van der Waals surface area contributed by atoms with Crippen molar-refractivity contribution in [3.8, 4) is 5.13 Å². The lowest BCUT2D eigenvalue weighted by Crippen LogP contribution is -2.22. The third-order valence-corrected chi connectivity index (χ3v) is 7.05. The largest absolute Gasteiger partial charge is 0.419 e. The molecule has 2 aromatic carbocycles. The number of carbonyl (C=O) groups is 2. The molecule has 0 atom stereocenters. The van der Waals surface area contributed by atoms with E-state index in [2.05, 4.69) is 20.7 Å². The summed E-state index contributed by atoms with van der Waals surface area (Å²) in [6.45, 7) is 0.132. The average molecular weight is 502 g/mol. The van der Waals surface area contributed by atoms with Gasteiger partial charge in [-0.3, -0.25) is 9.59 Å². The summed E-state index contributed by atoms with van der Waals surface area (Å²) in [5, 5.41) is 9.56. The Hall–Kier alpha value is -3.64. The van der Waals surface area contributed by atoms with Crippen LogP contribution in [0.5, 0.6) is 0 Å². The Kier molecular flexibility index (Phi) is 5.62. The van der Waals surface area contributed by atoms with Gasteiger partial charge in [0.2, 0.25) is 5.13 Å². The van der Waals surface area contributed by atoms with E-state index in [1.54, 1.807) is 30.3 Å². The molecular weight excluding hydrogens is 487 g/mol. The lowest BCUT2D eigenvalue weighted by atomic mass is 10.1. The van der Waals surface area contributed by atoms with Crippen LogP contribution in [0.3, 0.4) is 0 Å². The van der Waals surface area contributed by atoms with E-state index in [0.29, 0.717) is 21.7 Å². The molecule has 1 aliphatic heterocycles. The van der Waals surface area contributed by atoms with Crippen LogP contribution in [0.25, 0.3) is 5.13 Å². The number of benzene rings is 2. The Bertz CT molecular complexity index is 1410. The number of hydrogen-bond donors (Lipinski definition) is 2. The zero-order valence-corrected chi connectivity index (χ0v) is 18.7. The predicted octanol–water partition coefficient (Wildman–Crippen LogP) is 4.99. The van der Waals surface area contributed by atoms with Crippen molar-refractivity contribution in [2.45, 2.75) is 22.5 Å². The van der Waals surface area contributed by atoms with Crippen molar-refractivity contribution in [3.63, 3.8) is 0 Å². The molecule has 2 aromatic heterocycles. The normalized spacial score (nSPS) is 13.0. The van der Waals surface area contributed by atoms with Gasteiger partial charge in [-0.1, -0.05) is 35.2 Å². The fourth-order valence-electron chi connectivity index (χ4n) is 3.24. The number of alkyl halides is 3. The third-order valence-electron chi connectivity index (χ3n) is 4.91. The van der Waals surface area contributed by atoms with E-state index >= 15 is 0 Å². The fraction of sp³-hybridized carbons (Fsp3) is 0.0909. The van der Waals surface area contributed by atoms with Crippen molar-refractivity contribution in [3.05, 3.63) is 82.6 Å². The summed E-state index contributed by atoms with van der Waals surface area (Å²) >= 11 is 2.55. The third kappa shape index (κ3) is 4.41. The van der Waals surface area contributed by atoms with Crippen LogP contribution >= 0.6 is 23.1 Å². The molecule has 0 unspecified atom stereocenters. The first-order valence-corrected chi connectivity index (χ1v) is 11.5. The van der Waals surface area contributed by atoms with Crippen molar-refractivity contribution >= 4 is 40.6 Å². The van der Waals surface area contributed by atoms with Crippen molar-refractivity contribution in [2.75, 3.05) is 5.32 Å². The number of halogens is 3. The Morgan fingerprint density at radius 2 is 1.94 bits per heavy atom. The minimum absolute atomic E-state index is 0.132. The van der Waals surface area contributed by atoms with Crippen LogP contribution < -0.4 is 10.6 Å². The van der Waals surface area contributed by atoms with Gasteiger partial charge >= 0.3 is 6.18 Å². The van der Waals surface area contributed by atoms with Crippen LogP contribution in [0.4, 0.5) is 18.9 Å². The molecule has 4 aromatic rings. The molecule has 0 fully saturated rings. The Morgan fingerprint density at radius 1 is 1.12 bits per heavy atom. The van der Waals surface area contributed by atoms with Crippen molar-refractivity contribution in [1.82, 2.24) is 20.1 Å². The van der Waals surface area contributed by atoms with Gasteiger partial charge in [-0.25, -0.2) is 9.67 Å². The number of thiazole rings is 1. The number of nitrogens with zero attached hydrogens (tertiary/aromatic N) is 3. The number of rotatable bonds is 4. The van der Waals surface area contributed by atoms with Gasteiger partial charge in [-0.2, -0.15) is 18.3 Å². The van der Waals surface area contributed by atoms with Gasteiger partial charge in [0.25, 0.3) is 11.8 Å². The first kappa shape index (κ1) is 22.2. The summed E-state index contributed by atoms with van der Waals surface area (Å²) in [5.74, 6) is -0.610. The highest BCUT2D eigenvalue weighted by molar-refractivity contribution is 7.99. The highest BCUT2D eigenvalue weighted by atomic mass is 32.2. The molecule has 0 spiro atoms. The molecular formula is C22H14F3N5O2S2. The van der Waals surface area contributed by atoms with E-state index in [9.17, 15) is 22.8 Å². The predicted molar refractivity (Wildman–Crippen MR) is 120 cm³/mol. The van der Waals surface area contributed by atoms with Gasteiger partial charge in [0.15, 0.2) is 0 Å². The second-order valence-corrected chi connectivity index (χ2v) is 9.40. The first-order valence-electron chi connectivity index (χ1n) is 9.85. The van der Waals surface area contributed by atoms with E-state index in [4.69, 9.17) is 0 Å². The zero-order valence-electron chi connectivity index (χ0n) is 17.1. The maximum absolute atomic E-state index is 12.8. The SMILES string of the molecule is O=C(NCc1cnc(-n2cc(C(F)(F)F)cn2)s1)c1ccc2c(c1)NC(=O)c1ccccc1S2. The summed E-state index contributed by atoms with van der Waals surface area (Å²) in [6, 6.07) is 12.3. The second kappa shape index (κ2) is 8.61. The number of aromatic nitrogens is 3. The van der Waals surface area contributed by atoms with Gasteiger partial charge in [-0.05, 0) is 30.3 Å². The minimum Gasteiger partial charge on any atom is -0.347 e. The van der Waals surface area contributed by atoms with Crippen molar-refractivity contribution in [2.24, 2.45) is 0 Å². The topological polar surface area (TPSA) is 88.9 Å². The highest BCUT2D eigenvalue weighted by Gasteiger charge is 2.32. The molecule has 0 saturated heterocycles. The maximum Gasteiger partial charge on any atom is 0.419 e. The lowest BCUT2D eigenvalue weighted by molar-refractivity contribution is -0.137. The molecule has 0 aliphatic carbocycles. The van der Waals surface area contributed by atoms with Gasteiger partial charge in [0, 0.05) is 32.6 Å². The minimum atomic E-state index is -4.49. The first-order chi connectivity index (χ1) is 16.3. The smallest absolute Gasteiger partial charge is 0.347 e. The van der Waals surface area contributed by atoms with Gasteiger partial charge in [0.05, 0.1) is 29.6 Å². The summed E-state index contributed by atoms with van der Waals surface area (Å²) in [4.78, 5) is 31.6. The summed E-state index contributed by atoms with van der Waals surface area (Å²) in [6.07, 6.45) is -1.42. The van der Waals surface area contributed by atoms with E-state index in [-0.39, 0.29) is 23.5 Å². The maximum atomic E-state index is 12.8. The van der Waals surface area contributed by atoms with Crippen LogP contribution in [0.1, 0.15) is 31.2 Å². The number of carbonyl (C=O) groups excluding carboxylic acids is 2. The highest BCUT2D eigenvalue weighted by Crippen LogP contribution is 2.39. The zero-order chi connectivity index (χ0) is 23.9. The number of hydrogen-bond acceptors (Lipinski definition) is 6. The Morgan fingerprint density at radius 3 is 2.74 bits per heavy atom. The monoisotopic (exact) mass is 501 g/mol.